The molecule has 1 saturated heterocycles. The van der Waals surface area contributed by atoms with Crippen molar-refractivity contribution in [1.29, 1.82) is 0 Å². The molecule has 0 aromatic heterocycles. The third-order valence-electron chi connectivity index (χ3n) is 5.80. The Morgan fingerprint density at radius 1 is 0.848 bits per heavy atom. The number of nitrogens with one attached hydrogen (secondary N) is 1. The molecular formula is C27H28N2O4. The number of amides is 1. The van der Waals surface area contributed by atoms with Gasteiger partial charge in [-0.15, -0.1) is 0 Å². The van der Waals surface area contributed by atoms with Crippen molar-refractivity contribution in [3.63, 3.8) is 0 Å². The van der Waals surface area contributed by atoms with Crippen molar-refractivity contribution in [3.8, 4) is 11.5 Å². The minimum absolute atomic E-state index is 0.0573. The molecule has 0 aliphatic carbocycles. The van der Waals surface area contributed by atoms with E-state index in [-0.39, 0.29) is 17.9 Å². The summed E-state index contributed by atoms with van der Waals surface area (Å²) in [6.45, 7) is 2.64. The van der Waals surface area contributed by atoms with E-state index in [0.717, 1.165) is 43.8 Å². The van der Waals surface area contributed by atoms with Gasteiger partial charge >= 0.3 is 5.97 Å². The fourth-order valence-electron chi connectivity index (χ4n) is 3.93. The highest BCUT2D eigenvalue weighted by Crippen LogP contribution is 2.21. The van der Waals surface area contributed by atoms with E-state index in [1.165, 1.54) is 7.11 Å². The maximum absolute atomic E-state index is 12.7. The number of hydrogen-bond acceptors (Lipinski definition) is 5. The largest absolute Gasteiger partial charge is 0.465 e. The van der Waals surface area contributed by atoms with E-state index in [4.69, 9.17) is 9.47 Å². The normalized spacial score (nSPS) is 14.5. The number of carbonyl (C=O) groups is 2. The highest BCUT2D eigenvalue weighted by atomic mass is 16.5. The molecule has 0 radical (unpaired) electrons. The summed E-state index contributed by atoms with van der Waals surface area (Å²) < 4.78 is 10.5. The number of carbonyl (C=O) groups excluding carboxylic acids is 2. The second-order valence-corrected chi connectivity index (χ2v) is 8.15. The highest BCUT2D eigenvalue weighted by molar-refractivity contribution is 5.94. The number of piperidine rings is 1. The van der Waals surface area contributed by atoms with Crippen molar-refractivity contribution >= 4 is 11.9 Å². The molecule has 0 unspecified atom stereocenters. The molecule has 0 spiro atoms. The van der Waals surface area contributed by atoms with Crippen LogP contribution < -0.4 is 10.1 Å². The maximum Gasteiger partial charge on any atom is 0.337 e. The Labute approximate surface area is 194 Å². The van der Waals surface area contributed by atoms with E-state index in [1.807, 2.05) is 54.6 Å². The molecule has 6 heteroatoms. The molecule has 1 amide bonds. The lowest BCUT2D eigenvalue weighted by Crippen LogP contribution is -2.44. The number of para-hydroxylation sites is 1. The van der Waals surface area contributed by atoms with Crippen molar-refractivity contribution < 1.29 is 19.1 Å². The van der Waals surface area contributed by atoms with Gasteiger partial charge in [-0.3, -0.25) is 9.69 Å². The number of methoxy groups -OCH3 is 1. The molecule has 6 nitrogen and oxygen atoms in total. The fourth-order valence-corrected chi connectivity index (χ4v) is 3.93. The van der Waals surface area contributed by atoms with Crippen LogP contribution in [0.25, 0.3) is 0 Å². The second kappa shape index (κ2) is 10.8. The standard InChI is InChI=1S/C27H28N2O4/c1-32-27(31)22-9-7-20(8-10-22)19-29-17-15-23(16-18-29)28-26(30)21-11-13-25(14-12-21)33-24-5-3-2-4-6-24/h2-14,23H,15-19H2,1H3,(H,28,30). The van der Waals surface area contributed by atoms with Crippen LogP contribution in [0.5, 0.6) is 11.5 Å². The molecule has 3 aromatic carbocycles. The van der Waals surface area contributed by atoms with E-state index in [1.54, 1.807) is 24.3 Å². The number of likely N-dealkylation sites (tertiary alicyclic amines) is 1. The summed E-state index contributed by atoms with van der Waals surface area (Å²) >= 11 is 0. The van der Waals surface area contributed by atoms with Gasteiger partial charge in [0, 0.05) is 31.2 Å². The zero-order valence-electron chi connectivity index (χ0n) is 18.7. The van der Waals surface area contributed by atoms with Crippen molar-refractivity contribution in [2.45, 2.75) is 25.4 Å². The summed E-state index contributed by atoms with van der Waals surface area (Å²) in [6, 6.07) is 24.5. The Bertz CT molecular complexity index is 1060. The van der Waals surface area contributed by atoms with E-state index in [9.17, 15) is 9.59 Å². The van der Waals surface area contributed by atoms with Gasteiger partial charge < -0.3 is 14.8 Å². The molecule has 170 valence electrons. The lowest BCUT2D eigenvalue weighted by Gasteiger charge is -2.32. The molecule has 0 bridgehead atoms. The van der Waals surface area contributed by atoms with Gasteiger partial charge in [0.15, 0.2) is 0 Å². The number of benzene rings is 3. The zero-order valence-corrected chi connectivity index (χ0v) is 18.7. The van der Waals surface area contributed by atoms with Gasteiger partial charge in [0.1, 0.15) is 11.5 Å². The molecule has 1 fully saturated rings. The first-order valence-corrected chi connectivity index (χ1v) is 11.1. The van der Waals surface area contributed by atoms with Gasteiger partial charge in [0.05, 0.1) is 12.7 Å². The Kier molecular flexibility index (Phi) is 7.37. The minimum atomic E-state index is -0.323. The third kappa shape index (κ3) is 6.20. The first-order chi connectivity index (χ1) is 16.1. The van der Waals surface area contributed by atoms with E-state index < -0.39 is 0 Å². The Hall–Kier alpha value is -3.64. The average Bonchev–Trinajstić information content (AvgIpc) is 2.86. The average molecular weight is 445 g/mol. The summed E-state index contributed by atoms with van der Waals surface area (Å²) in [4.78, 5) is 26.6. The molecule has 1 N–H and O–H groups in total. The lowest BCUT2D eigenvalue weighted by atomic mass is 10.0. The SMILES string of the molecule is COC(=O)c1ccc(CN2CCC(NC(=O)c3ccc(Oc4ccccc4)cc3)CC2)cc1. The number of nitrogens with zero attached hydrogens (tertiary/aromatic N) is 1. The first kappa shape index (κ1) is 22.6. The van der Waals surface area contributed by atoms with E-state index >= 15 is 0 Å². The van der Waals surface area contributed by atoms with Crippen LogP contribution in [0.3, 0.4) is 0 Å². The van der Waals surface area contributed by atoms with Crippen molar-refractivity contribution in [2.75, 3.05) is 20.2 Å². The van der Waals surface area contributed by atoms with Gasteiger partial charge in [-0.2, -0.15) is 0 Å². The van der Waals surface area contributed by atoms with E-state index in [0.29, 0.717) is 16.9 Å². The molecule has 1 aliphatic heterocycles. The lowest BCUT2D eigenvalue weighted by molar-refractivity contribution is 0.0600. The fraction of sp³-hybridized carbons (Fsp3) is 0.259. The summed E-state index contributed by atoms with van der Waals surface area (Å²) in [5.41, 5.74) is 2.34. The van der Waals surface area contributed by atoms with Gasteiger partial charge in [-0.25, -0.2) is 4.79 Å². The molecule has 3 aromatic rings. The van der Waals surface area contributed by atoms with Gasteiger partial charge in [0.25, 0.3) is 5.91 Å². The summed E-state index contributed by atoms with van der Waals surface area (Å²) in [5.74, 6) is 1.08. The Balaban J connectivity index is 1.23. The predicted octanol–water partition coefficient (Wildman–Crippen LogP) is 4.66. The van der Waals surface area contributed by atoms with E-state index in [2.05, 4.69) is 10.2 Å². The van der Waals surface area contributed by atoms with Crippen LogP contribution in [0, 0.1) is 0 Å². The number of ether oxygens (including phenoxy) is 2. The van der Waals surface area contributed by atoms with Crippen LogP contribution in [-0.4, -0.2) is 43.0 Å². The molecule has 4 rings (SSSR count). The van der Waals surface area contributed by atoms with Crippen LogP contribution in [0.2, 0.25) is 0 Å². The molecule has 1 heterocycles. The minimum Gasteiger partial charge on any atom is -0.465 e. The maximum atomic E-state index is 12.7. The topological polar surface area (TPSA) is 67.9 Å². The van der Waals surface area contributed by atoms with Gasteiger partial charge in [0.2, 0.25) is 0 Å². The van der Waals surface area contributed by atoms with Gasteiger partial charge in [-0.05, 0) is 66.9 Å². The second-order valence-electron chi connectivity index (χ2n) is 8.15. The van der Waals surface area contributed by atoms with Crippen molar-refractivity contribution in [1.82, 2.24) is 10.2 Å². The molecule has 0 saturated carbocycles. The zero-order chi connectivity index (χ0) is 23.0. The highest BCUT2D eigenvalue weighted by Gasteiger charge is 2.21. The third-order valence-corrected chi connectivity index (χ3v) is 5.80. The Morgan fingerprint density at radius 2 is 1.45 bits per heavy atom. The van der Waals surface area contributed by atoms with Crippen LogP contribution in [0.1, 0.15) is 39.1 Å². The van der Waals surface area contributed by atoms with Crippen LogP contribution in [0.4, 0.5) is 0 Å². The van der Waals surface area contributed by atoms with Crippen LogP contribution in [-0.2, 0) is 11.3 Å². The molecular weight excluding hydrogens is 416 g/mol. The summed E-state index contributed by atoms with van der Waals surface area (Å²) in [5, 5.41) is 3.16. The first-order valence-electron chi connectivity index (χ1n) is 11.1. The summed E-state index contributed by atoms with van der Waals surface area (Å²) in [7, 11) is 1.38. The number of rotatable bonds is 7. The summed E-state index contributed by atoms with van der Waals surface area (Å²) in [6.07, 6.45) is 1.81. The predicted molar refractivity (Wildman–Crippen MR) is 127 cm³/mol. The smallest absolute Gasteiger partial charge is 0.337 e. The monoisotopic (exact) mass is 444 g/mol. The quantitative estimate of drug-likeness (QED) is 0.537. The molecule has 0 atom stereocenters. The van der Waals surface area contributed by atoms with Crippen LogP contribution in [0.15, 0.2) is 78.9 Å². The molecule has 1 aliphatic rings. The van der Waals surface area contributed by atoms with Crippen molar-refractivity contribution in [2.24, 2.45) is 0 Å². The van der Waals surface area contributed by atoms with Gasteiger partial charge in [-0.1, -0.05) is 30.3 Å². The van der Waals surface area contributed by atoms with Crippen molar-refractivity contribution in [3.05, 3.63) is 95.6 Å². The number of hydrogen-bond donors (Lipinski definition) is 1. The molecule has 33 heavy (non-hydrogen) atoms. The Morgan fingerprint density at radius 3 is 2.09 bits per heavy atom. The number of esters is 1. The van der Waals surface area contributed by atoms with Crippen LogP contribution >= 0.6 is 0 Å².